The van der Waals surface area contributed by atoms with Crippen LogP contribution in [0.2, 0.25) is 0 Å². The lowest BCUT2D eigenvalue weighted by atomic mass is 9.97. The predicted molar refractivity (Wildman–Crippen MR) is 210 cm³/mol. The molecule has 0 radical (unpaired) electrons. The number of hydrogen-bond acceptors (Lipinski definition) is 13. The monoisotopic (exact) mass is 855 g/mol. The molecule has 0 aromatic carbocycles. The van der Waals surface area contributed by atoms with Gasteiger partial charge < -0.3 is 69.5 Å². The number of carbonyl (C=O) groups excluding carboxylic acids is 10. The van der Waals surface area contributed by atoms with Crippen LogP contribution in [0.4, 0.5) is 0 Å². The third kappa shape index (κ3) is 17.5. The van der Waals surface area contributed by atoms with E-state index in [9.17, 15) is 57.8 Å². The van der Waals surface area contributed by atoms with Crippen LogP contribution in [0.15, 0.2) is 0 Å². The minimum absolute atomic E-state index is 0.0291. The van der Waals surface area contributed by atoms with E-state index < -0.39 is 145 Å². The highest BCUT2D eigenvalue weighted by molar-refractivity contribution is 5.99. The van der Waals surface area contributed by atoms with Gasteiger partial charge in [0, 0.05) is 19.7 Å². The van der Waals surface area contributed by atoms with Gasteiger partial charge in [0.1, 0.15) is 36.3 Å². The summed E-state index contributed by atoms with van der Waals surface area (Å²) in [4.78, 5) is 141. The van der Waals surface area contributed by atoms with Crippen LogP contribution in [0.3, 0.4) is 0 Å². The highest BCUT2D eigenvalue weighted by atomic mass is 16.4. The molecule has 0 aliphatic carbocycles. The van der Waals surface area contributed by atoms with Gasteiger partial charge in [-0.1, -0.05) is 34.1 Å². The summed E-state index contributed by atoms with van der Waals surface area (Å²) in [6.45, 7) is 7.39. The first-order valence-electron chi connectivity index (χ1n) is 19.6. The number of nitrogens with zero attached hydrogens (tertiary/aromatic N) is 1. The molecule has 0 aromatic heterocycles. The minimum Gasteiger partial charge on any atom is -0.481 e. The van der Waals surface area contributed by atoms with E-state index >= 15 is 0 Å². The molecule has 1 rings (SSSR count). The Labute approximate surface area is 347 Å². The predicted octanol–water partition coefficient (Wildman–Crippen LogP) is -5.71. The van der Waals surface area contributed by atoms with Crippen LogP contribution >= 0.6 is 0 Å². The van der Waals surface area contributed by atoms with E-state index in [1.165, 1.54) is 6.92 Å². The maximum atomic E-state index is 13.8. The molecule has 1 aliphatic rings. The SMILES string of the molecule is CCC(C)C(NC(=O)C(N)CC(N)=O)C(=O)NC(CC(=O)O)C(=O)N1CCCC1C(=O)NC(CC(N)=O)C(=O)NC(C)C(=O)NC(C(=O)NCC(=O)NCCCO)C(C)C. The number of aliphatic hydroxyl groups is 1. The summed E-state index contributed by atoms with van der Waals surface area (Å²) in [6, 6.07) is -9.91. The van der Waals surface area contributed by atoms with E-state index in [1.807, 2.05) is 0 Å². The molecular weight excluding hydrogens is 794 g/mol. The summed E-state index contributed by atoms with van der Waals surface area (Å²) < 4.78 is 0. The number of nitrogens with one attached hydrogen (secondary N) is 7. The number of primary amides is 2. The zero-order valence-electron chi connectivity index (χ0n) is 34.5. The molecule has 1 heterocycles. The first-order chi connectivity index (χ1) is 28.0. The number of amides is 10. The molecule has 8 unspecified atom stereocenters. The van der Waals surface area contributed by atoms with Crippen LogP contribution in [-0.2, 0) is 52.7 Å². The van der Waals surface area contributed by atoms with Crippen molar-refractivity contribution in [2.24, 2.45) is 29.0 Å². The minimum atomic E-state index is -1.74. The molecule has 0 aromatic rings. The number of aliphatic hydroxyl groups excluding tert-OH is 1. The van der Waals surface area contributed by atoms with Gasteiger partial charge in [0.15, 0.2) is 0 Å². The highest BCUT2D eigenvalue weighted by Gasteiger charge is 2.41. The van der Waals surface area contributed by atoms with E-state index in [4.69, 9.17) is 22.3 Å². The fourth-order valence-corrected chi connectivity index (χ4v) is 5.93. The van der Waals surface area contributed by atoms with E-state index in [2.05, 4.69) is 37.2 Å². The van der Waals surface area contributed by atoms with E-state index in [0.717, 1.165) is 4.90 Å². The van der Waals surface area contributed by atoms with Gasteiger partial charge in [0.2, 0.25) is 59.1 Å². The summed E-state index contributed by atoms with van der Waals surface area (Å²) in [7, 11) is 0. The lowest BCUT2D eigenvalue weighted by Crippen LogP contribution is -2.60. The van der Waals surface area contributed by atoms with Crippen LogP contribution in [0.1, 0.15) is 79.6 Å². The van der Waals surface area contributed by atoms with Gasteiger partial charge in [0.25, 0.3) is 0 Å². The second kappa shape index (κ2) is 25.5. The van der Waals surface area contributed by atoms with Crippen molar-refractivity contribution < 1.29 is 63.0 Å². The Hall–Kier alpha value is -5.91. The number of rotatable bonds is 26. The fraction of sp³-hybridized carbons (Fsp3) is 0.694. The summed E-state index contributed by atoms with van der Waals surface area (Å²) in [6.07, 6.45) is -1.27. The van der Waals surface area contributed by atoms with Gasteiger partial charge in [-0.15, -0.1) is 0 Å². The standard InChI is InChI=1S/C36H61N11O13/c1-6-18(4)29(46-31(55)20(37)13-24(38)49)35(59)44-22(15-27(52)53)36(60)47-11-7-9-23(47)33(57)43-21(14-25(39)50)32(56)42-19(5)30(54)45-28(17(2)3)34(58)41-16-26(51)40-10-8-12-48/h17-23,28-29,48H,6-16,37H2,1-5H3,(H2,38,49)(H2,39,50)(H,40,51)(H,41,58)(H,42,56)(H,43,57)(H,44,59)(H,45,54)(H,46,55)(H,52,53). The molecule has 1 saturated heterocycles. The van der Waals surface area contributed by atoms with Crippen molar-refractivity contribution >= 4 is 65.0 Å². The third-order valence-corrected chi connectivity index (χ3v) is 9.50. The Balaban J connectivity index is 3.13. The van der Waals surface area contributed by atoms with Gasteiger partial charge in [-0.25, -0.2) is 0 Å². The van der Waals surface area contributed by atoms with Crippen LogP contribution in [0.25, 0.3) is 0 Å². The maximum Gasteiger partial charge on any atom is 0.305 e. The molecule has 60 heavy (non-hydrogen) atoms. The van der Waals surface area contributed by atoms with Crippen LogP contribution in [0.5, 0.6) is 0 Å². The summed E-state index contributed by atoms with van der Waals surface area (Å²) >= 11 is 0. The highest BCUT2D eigenvalue weighted by Crippen LogP contribution is 2.20. The zero-order chi connectivity index (χ0) is 45.9. The number of carboxylic acid groups (broad SMARTS) is 1. The number of likely N-dealkylation sites (tertiary alicyclic amines) is 1. The van der Waals surface area contributed by atoms with Crippen molar-refractivity contribution in [1.82, 2.24) is 42.1 Å². The Bertz CT molecular complexity index is 1590. The van der Waals surface area contributed by atoms with Crippen molar-refractivity contribution in [3.63, 3.8) is 0 Å². The van der Waals surface area contributed by atoms with Crippen LogP contribution < -0.4 is 54.4 Å². The topological polar surface area (TPSA) is 394 Å². The Morgan fingerprint density at radius 2 is 1.33 bits per heavy atom. The van der Waals surface area contributed by atoms with Crippen molar-refractivity contribution in [1.29, 1.82) is 0 Å². The van der Waals surface area contributed by atoms with Crippen LogP contribution in [0, 0.1) is 11.8 Å². The molecule has 15 N–H and O–H groups in total. The van der Waals surface area contributed by atoms with Crippen LogP contribution in [-0.4, -0.2) is 149 Å². The second-order valence-electron chi connectivity index (χ2n) is 14.8. The van der Waals surface area contributed by atoms with Gasteiger partial charge in [-0.2, -0.15) is 0 Å². The molecule has 10 amide bonds. The summed E-state index contributed by atoms with van der Waals surface area (Å²) in [5, 5.41) is 35.3. The van der Waals surface area contributed by atoms with E-state index in [1.54, 1.807) is 27.7 Å². The molecule has 1 aliphatic heterocycles. The lowest BCUT2D eigenvalue weighted by molar-refractivity contribution is -0.146. The number of carbonyl (C=O) groups is 11. The molecule has 0 bridgehead atoms. The zero-order valence-corrected chi connectivity index (χ0v) is 34.5. The fourth-order valence-electron chi connectivity index (χ4n) is 5.93. The molecule has 0 saturated carbocycles. The van der Waals surface area contributed by atoms with E-state index in [-0.39, 0.29) is 32.5 Å². The quantitative estimate of drug-likeness (QED) is 0.0361. The lowest BCUT2D eigenvalue weighted by Gasteiger charge is -2.31. The molecule has 1 fully saturated rings. The molecule has 338 valence electrons. The Morgan fingerprint density at radius 1 is 0.717 bits per heavy atom. The van der Waals surface area contributed by atoms with Crippen molar-refractivity contribution in [3.05, 3.63) is 0 Å². The van der Waals surface area contributed by atoms with Crippen molar-refractivity contribution in [2.45, 2.75) is 122 Å². The molecule has 24 nitrogen and oxygen atoms in total. The van der Waals surface area contributed by atoms with E-state index in [0.29, 0.717) is 12.8 Å². The van der Waals surface area contributed by atoms with Gasteiger partial charge in [-0.3, -0.25) is 52.7 Å². The van der Waals surface area contributed by atoms with Gasteiger partial charge in [0.05, 0.1) is 31.8 Å². The summed E-state index contributed by atoms with van der Waals surface area (Å²) in [5.74, 6) is -11.3. The van der Waals surface area contributed by atoms with Gasteiger partial charge >= 0.3 is 5.97 Å². The summed E-state index contributed by atoms with van der Waals surface area (Å²) in [5.41, 5.74) is 16.2. The largest absolute Gasteiger partial charge is 0.481 e. The first-order valence-corrected chi connectivity index (χ1v) is 19.6. The van der Waals surface area contributed by atoms with Gasteiger partial charge in [-0.05, 0) is 38.0 Å². The first kappa shape index (κ1) is 52.1. The Morgan fingerprint density at radius 3 is 1.88 bits per heavy atom. The number of nitrogens with two attached hydrogens (primary N) is 3. The second-order valence-corrected chi connectivity index (χ2v) is 14.8. The maximum absolute atomic E-state index is 13.8. The molecular formula is C36H61N11O13. The average Bonchev–Trinajstić information content (AvgIpc) is 3.66. The number of carboxylic acids is 1. The normalized spacial score (nSPS) is 17.0. The third-order valence-electron chi connectivity index (χ3n) is 9.50. The molecule has 0 spiro atoms. The molecule has 24 heteroatoms. The average molecular weight is 856 g/mol. The van der Waals surface area contributed by atoms with Crippen molar-refractivity contribution in [2.75, 3.05) is 26.2 Å². The number of hydrogen-bond donors (Lipinski definition) is 12. The smallest absolute Gasteiger partial charge is 0.305 e. The van der Waals surface area contributed by atoms with Crippen molar-refractivity contribution in [3.8, 4) is 0 Å². The number of aliphatic carboxylic acids is 1. The Kier molecular flexibility index (Phi) is 22.2. The molecule has 8 atom stereocenters.